The molecule has 2 atom stereocenters. The fourth-order valence-corrected chi connectivity index (χ4v) is 3.79. The number of benzene rings is 2. The highest BCUT2D eigenvalue weighted by Crippen LogP contribution is 2.26. The number of hydrogen-bond donors (Lipinski definition) is 1. The Balaban J connectivity index is 1.56. The van der Waals surface area contributed by atoms with Crippen molar-refractivity contribution in [1.82, 2.24) is 9.47 Å². The molecule has 9 heteroatoms. The van der Waals surface area contributed by atoms with E-state index < -0.39 is 29.6 Å². The molecule has 8 nitrogen and oxygen atoms in total. The van der Waals surface area contributed by atoms with Gasteiger partial charge >= 0.3 is 5.76 Å². The van der Waals surface area contributed by atoms with Crippen LogP contribution in [0.25, 0.3) is 22.2 Å². The number of hydrogen-bond acceptors (Lipinski definition) is 6. The molecule has 0 aliphatic carbocycles. The number of halogens is 1. The fraction of sp³-hybridized carbons (Fsp3) is 0.318. The first kappa shape index (κ1) is 20.8. The zero-order chi connectivity index (χ0) is 22.1. The molecule has 0 bridgehead atoms. The first-order valence-corrected chi connectivity index (χ1v) is 9.80. The van der Waals surface area contributed by atoms with Gasteiger partial charge in [0.15, 0.2) is 5.58 Å². The van der Waals surface area contributed by atoms with E-state index in [2.05, 4.69) is 6.07 Å². The standard InChI is InChI=1S/C22H21FN4O4/c1-26-18-10-14(4-5-19(18)31-22(26)29)13-2-3-15(17(23)9-13)8-16(11-24)27-6-7-30-20(12-27)21(25)28/h2-5,9-10,16,20H,6-8,12H2,1H3,(H2,25,28)/t16-,20-/m0/s1. The number of carbonyl (C=O) groups excluding carboxylic acids is 1. The highest BCUT2D eigenvalue weighted by Gasteiger charge is 2.30. The van der Waals surface area contributed by atoms with Gasteiger partial charge in [-0.25, -0.2) is 9.18 Å². The number of oxazole rings is 1. The van der Waals surface area contributed by atoms with E-state index in [0.717, 1.165) is 5.56 Å². The van der Waals surface area contributed by atoms with Gasteiger partial charge in [-0.1, -0.05) is 18.2 Å². The van der Waals surface area contributed by atoms with E-state index >= 15 is 0 Å². The minimum Gasteiger partial charge on any atom is -0.408 e. The molecule has 1 aliphatic rings. The predicted octanol–water partition coefficient (Wildman–Crippen LogP) is 1.56. The zero-order valence-corrected chi connectivity index (χ0v) is 16.9. The molecular formula is C22H21FN4O4. The third-order valence-electron chi connectivity index (χ3n) is 5.60. The Morgan fingerprint density at radius 1 is 1.32 bits per heavy atom. The minimum absolute atomic E-state index is 0.170. The van der Waals surface area contributed by atoms with E-state index in [1.165, 1.54) is 10.6 Å². The van der Waals surface area contributed by atoms with Crippen molar-refractivity contribution in [3.05, 3.63) is 58.3 Å². The van der Waals surface area contributed by atoms with Gasteiger partial charge in [0.05, 0.1) is 18.2 Å². The van der Waals surface area contributed by atoms with Crippen LogP contribution in [0.5, 0.6) is 0 Å². The quantitative estimate of drug-likeness (QED) is 0.665. The third-order valence-corrected chi connectivity index (χ3v) is 5.60. The van der Waals surface area contributed by atoms with Gasteiger partial charge in [-0.15, -0.1) is 0 Å². The highest BCUT2D eigenvalue weighted by molar-refractivity contribution is 5.81. The van der Waals surface area contributed by atoms with E-state index in [0.29, 0.717) is 28.8 Å². The number of amides is 1. The van der Waals surface area contributed by atoms with Crippen LogP contribution < -0.4 is 11.5 Å². The molecule has 4 rings (SSSR count). The van der Waals surface area contributed by atoms with Crippen molar-refractivity contribution in [1.29, 1.82) is 5.26 Å². The highest BCUT2D eigenvalue weighted by atomic mass is 19.1. The molecule has 1 fully saturated rings. The van der Waals surface area contributed by atoms with Gasteiger partial charge in [-0.2, -0.15) is 5.26 Å². The first-order valence-electron chi connectivity index (χ1n) is 9.80. The van der Waals surface area contributed by atoms with E-state index in [9.17, 15) is 19.2 Å². The van der Waals surface area contributed by atoms with Gasteiger partial charge in [0.1, 0.15) is 18.0 Å². The van der Waals surface area contributed by atoms with Crippen LogP contribution in [0.3, 0.4) is 0 Å². The number of nitrogens with zero attached hydrogens (tertiary/aromatic N) is 3. The molecular weight excluding hydrogens is 403 g/mol. The summed E-state index contributed by atoms with van der Waals surface area (Å²) in [6.07, 6.45) is -0.603. The van der Waals surface area contributed by atoms with Gasteiger partial charge in [0, 0.05) is 26.6 Å². The number of primary amides is 1. The lowest BCUT2D eigenvalue weighted by Gasteiger charge is -2.34. The van der Waals surface area contributed by atoms with Crippen molar-refractivity contribution in [3.8, 4) is 17.2 Å². The average Bonchev–Trinajstić information content (AvgIpc) is 3.06. The van der Waals surface area contributed by atoms with Crippen LogP contribution in [-0.4, -0.2) is 47.2 Å². The Hall–Kier alpha value is -3.48. The summed E-state index contributed by atoms with van der Waals surface area (Å²) in [6, 6.07) is 11.6. The van der Waals surface area contributed by atoms with Crippen molar-refractivity contribution in [3.63, 3.8) is 0 Å². The van der Waals surface area contributed by atoms with Crippen LogP contribution in [0.2, 0.25) is 0 Å². The molecule has 1 amide bonds. The summed E-state index contributed by atoms with van der Waals surface area (Å²) in [4.78, 5) is 24.9. The molecule has 2 N–H and O–H groups in total. The summed E-state index contributed by atoms with van der Waals surface area (Å²) >= 11 is 0. The first-order chi connectivity index (χ1) is 14.9. The van der Waals surface area contributed by atoms with Crippen molar-refractivity contribution < 1.29 is 18.3 Å². The molecule has 1 aliphatic heterocycles. The molecule has 1 saturated heterocycles. The molecule has 1 aromatic heterocycles. The SMILES string of the molecule is Cn1c(=O)oc2ccc(-c3ccc(C[C@@H](C#N)N4CCO[C@H](C(N)=O)C4)c(F)c3)cc21. The summed E-state index contributed by atoms with van der Waals surface area (Å²) in [6.45, 7) is 0.952. The van der Waals surface area contributed by atoms with Gasteiger partial charge in [-0.3, -0.25) is 14.3 Å². The Kier molecular flexibility index (Phi) is 5.59. The topological polar surface area (TPSA) is 114 Å². The van der Waals surface area contributed by atoms with Gasteiger partial charge in [0.2, 0.25) is 5.91 Å². The van der Waals surface area contributed by atoms with E-state index in [1.54, 1.807) is 42.3 Å². The lowest BCUT2D eigenvalue weighted by molar-refractivity contribution is -0.135. The smallest absolute Gasteiger partial charge is 0.408 e. The zero-order valence-electron chi connectivity index (χ0n) is 16.9. The summed E-state index contributed by atoms with van der Waals surface area (Å²) in [5.74, 6) is -1.47. The maximum absolute atomic E-state index is 14.9. The predicted molar refractivity (Wildman–Crippen MR) is 110 cm³/mol. The van der Waals surface area contributed by atoms with E-state index in [-0.39, 0.29) is 19.6 Å². The molecule has 31 heavy (non-hydrogen) atoms. The second-order valence-electron chi connectivity index (χ2n) is 7.52. The molecule has 0 unspecified atom stereocenters. The van der Waals surface area contributed by atoms with Crippen LogP contribution >= 0.6 is 0 Å². The van der Waals surface area contributed by atoms with Crippen LogP contribution in [-0.2, 0) is 23.0 Å². The number of aryl methyl sites for hydroxylation is 1. The van der Waals surface area contributed by atoms with Gasteiger partial charge < -0.3 is 14.9 Å². The van der Waals surface area contributed by atoms with Crippen LogP contribution in [0.4, 0.5) is 4.39 Å². The molecule has 2 heterocycles. The van der Waals surface area contributed by atoms with E-state index in [4.69, 9.17) is 14.9 Å². The van der Waals surface area contributed by atoms with Crippen molar-refractivity contribution >= 4 is 17.0 Å². The normalized spacial score (nSPS) is 18.0. The molecule has 2 aromatic carbocycles. The Bertz CT molecular complexity index is 1240. The maximum Gasteiger partial charge on any atom is 0.419 e. The summed E-state index contributed by atoms with van der Waals surface area (Å²) in [7, 11) is 1.61. The van der Waals surface area contributed by atoms with Crippen molar-refractivity contribution in [2.24, 2.45) is 12.8 Å². The summed E-state index contributed by atoms with van der Waals surface area (Å²) < 4.78 is 26.7. The number of morpholine rings is 1. The van der Waals surface area contributed by atoms with Crippen molar-refractivity contribution in [2.75, 3.05) is 19.7 Å². The molecule has 160 valence electrons. The molecule has 0 saturated carbocycles. The lowest BCUT2D eigenvalue weighted by atomic mass is 9.99. The molecule has 0 spiro atoms. The second-order valence-corrected chi connectivity index (χ2v) is 7.52. The largest absolute Gasteiger partial charge is 0.419 e. The maximum atomic E-state index is 14.9. The number of rotatable bonds is 5. The third kappa shape index (κ3) is 4.08. The van der Waals surface area contributed by atoms with Crippen molar-refractivity contribution in [2.45, 2.75) is 18.6 Å². The summed E-state index contributed by atoms with van der Waals surface area (Å²) in [5, 5.41) is 9.61. The van der Waals surface area contributed by atoms with Crippen LogP contribution in [0.1, 0.15) is 5.56 Å². The minimum atomic E-state index is -0.773. The second kappa shape index (κ2) is 8.34. The number of ether oxygens (including phenoxy) is 1. The van der Waals surface area contributed by atoms with Crippen LogP contribution in [0, 0.1) is 17.1 Å². The lowest BCUT2D eigenvalue weighted by Crippen LogP contribution is -2.52. The average molecular weight is 424 g/mol. The summed E-state index contributed by atoms with van der Waals surface area (Å²) in [5.41, 5.74) is 8.17. The van der Waals surface area contributed by atoms with E-state index in [1.807, 2.05) is 0 Å². The fourth-order valence-electron chi connectivity index (χ4n) is 3.79. The number of nitriles is 1. The monoisotopic (exact) mass is 424 g/mol. The number of nitrogens with two attached hydrogens (primary N) is 1. The molecule has 0 radical (unpaired) electrons. The number of carbonyl (C=O) groups is 1. The molecule has 3 aromatic rings. The van der Waals surface area contributed by atoms with Gasteiger partial charge in [0.25, 0.3) is 0 Å². The number of fused-ring (bicyclic) bond motifs is 1. The van der Waals surface area contributed by atoms with Crippen LogP contribution in [0.15, 0.2) is 45.6 Å². The Morgan fingerprint density at radius 2 is 2.06 bits per heavy atom. The Labute approximate surface area is 177 Å². The Morgan fingerprint density at radius 3 is 2.77 bits per heavy atom. The number of aromatic nitrogens is 1. The van der Waals surface area contributed by atoms with Gasteiger partial charge in [-0.05, 0) is 34.9 Å².